The van der Waals surface area contributed by atoms with Crippen molar-refractivity contribution in [1.82, 2.24) is 5.32 Å². The van der Waals surface area contributed by atoms with Crippen molar-refractivity contribution in [1.29, 1.82) is 0 Å². The Hall–Kier alpha value is -1.55. The number of hydrogen-bond donors (Lipinski definition) is 2. The molecule has 1 saturated carbocycles. The maximum Gasteiger partial charge on any atom is 0.243 e. The highest BCUT2D eigenvalue weighted by molar-refractivity contribution is 5.87. The highest BCUT2D eigenvalue weighted by atomic mass is 16.5. The Morgan fingerprint density at radius 1 is 1.42 bits per heavy atom. The van der Waals surface area contributed by atoms with E-state index in [-0.39, 0.29) is 18.0 Å². The largest absolute Gasteiger partial charge is 0.378 e. The summed E-state index contributed by atoms with van der Waals surface area (Å²) in [5.74, 6) is 0.108. The van der Waals surface area contributed by atoms with Crippen LogP contribution in [0.15, 0.2) is 24.3 Å². The fourth-order valence-corrected chi connectivity index (χ4v) is 2.81. The molecule has 0 saturated heterocycles. The fraction of sp³-hybridized carbons (Fsp3) is 0.533. The molecule has 0 spiro atoms. The Bertz CT molecular complexity index is 444. The lowest BCUT2D eigenvalue weighted by Crippen LogP contribution is -2.51. The van der Waals surface area contributed by atoms with Crippen LogP contribution in [0.25, 0.3) is 0 Å². The molecule has 1 aromatic carbocycles. The van der Waals surface area contributed by atoms with Crippen molar-refractivity contribution in [3.63, 3.8) is 0 Å². The van der Waals surface area contributed by atoms with Crippen LogP contribution in [0.2, 0.25) is 0 Å². The third-order valence-corrected chi connectivity index (χ3v) is 3.93. The molecular formula is C15H20N2O2. The van der Waals surface area contributed by atoms with Gasteiger partial charge in [0, 0.05) is 24.8 Å². The van der Waals surface area contributed by atoms with Crippen LogP contribution < -0.4 is 10.6 Å². The molecule has 1 aliphatic carbocycles. The molecule has 1 heterocycles. The van der Waals surface area contributed by atoms with Crippen molar-refractivity contribution in [3.05, 3.63) is 29.8 Å². The zero-order valence-corrected chi connectivity index (χ0v) is 11.2. The van der Waals surface area contributed by atoms with Gasteiger partial charge < -0.3 is 15.4 Å². The highest BCUT2D eigenvalue weighted by Crippen LogP contribution is 2.27. The number of carbonyl (C=O) groups excluding carboxylic acids is 1. The normalized spacial score (nSPS) is 28.2. The summed E-state index contributed by atoms with van der Waals surface area (Å²) in [6.07, 6.45) is 3.01. The van der Waals surface area contributed by atoms with Gasteiger partial charge in [-0.15, -0.1) is 0 Å². The zero-order chi connectivity index (χ0) is 13.2. The molecule has 1 aliphatic heterocycles. The minimum absolute atomic E-state index is 0.108. The van der Waals surface area contributed by atoms with Crippen molar-refractivity contribution in [2.75, 3.05) is 11.9 Å². The minimum Gasteiger partial charge on any atom is -0.378 e. The molecule has 2 aliphatic rings. The van der Waals surface area contributed by atoms with E-state index in [0.29, 0.717) is 6.10 Å². The summed E-state index contributed by atoms with van der Waals surface area (Å²) in [5.41, 5.74) is 2.31. The summed E-state index contributed by atoms with van der Waals surface area (Å²) in [5, 5.41) is 6.38. The predicted octanol–water partition coefficient (Wildman–Crippen LogP) is 1.71. The number of amides is 1. The Balaban J connectivity index is 1.48. The SMILES string of the molecule is CCOC1CC(NC(=O)C2Cc3ccccc3N2)C1. The van der Waals surface area contributed by atoms with Crippen LogP contribution in [0.5, 0.6) is 0 Å². The lowest BCUT2D eigenvalue weighted by Gasteiger charge is -2.35. The third-order valence-electron chi connectivity index (χ3n) is 3.93. The van der Waals surface area contributed by atoms with E-state index >= 15 is 0 Å². The Morgan fingerprint density at radius 3 is 2.95 bits per heavy atom. The van der Waals surface area contributed by atoms with E-state index in [1.54, 1.807) is 0 Å². The molecule has 3 rings (SSSR count). The number of anilines is 1. The molecule has 0 aromatic heterocycles. The van der Waals surface area contributed by atoms with Crippen molar-refractivity contribution >= 4 is 11.6 Å². The third kappa shape index (κ3) is 2.59. The molecule has 4 heteroatoms. The van der Waals surface area contributed by atoms with Gasteiger partial charge in [-0.05, 0) is 31.4 Å². The number of ether oxygens (including phenoxy) is 1. The number of rotatable bonds is 4. The summed E-state index contributed by atoms with van der Waals surface area (Å²) in [4.78, 5) is 12.2. The second-order valence-electron chi connectivity index (χ2n) is 5.31. The lowest BCUT2D eigenvalue weighted by molar-refractivity contribution is -0.124. The van der Waals surface area contributed by atoms with Crippen LogP contribution in [0.3, 0.4) is 0 Å². The molecule has 1 atom stereocenters. The van der Waals surface area contributed by atoms with E-state index in [2.05, 4.69) is 16.7 Å². The molecule has 0 bridgehead atoms. The Kier molecular flexibility index (Phi) is 3.42. The molecule has 4 nitrogen and oxygen atoms in total. The lowest BCUT2D eigenvalue weighted by atomic mass is 9.89. The van der Waals surface area contributed by atoms with Gasteiger partial charge in [-0.25, -0.2) is 0 Å². The van der Waals surface area contributed by atoms with Crippen LogP contribution in [0.4, 0.5) is 5.69 Å². The van der Waals surface area contributed by atoms with Crippen LogP contribution in [-0.4, -0.2) is 30.7 Å². The monoisotopic (exact) mass is 260 g/mol. The van der Waals surface area contributed by atoms with E-state index in [9.17, 15) is 4.79 Å². The second-order valence-corrected chi connectivity index (χ2v) is 5.31. The molecule has 1 unspecified atom stereocenters. The average Bonchev–Trinajstić information content (AvgIpc) is 2.80. The molecule has 1 fully saturated rings. The smallest absolute Gasteiger partial charge is 0.243 e. The van der Waals surface area contributed by atoms with Crippen LogP contribution in [0.1, 0.15) is 25.3 Å². The van der Waals surface area contributed by atoms with E-state index in [0.717, 1.165) is 31.6 Å². The van der Waals surface area contributed by atoms with Crippen LogP contribution >= 0.6 is 0 Å². The first-order valence-electron chi connectivity index (χ1n) is 7.02. The topological polar surface area (TPSA) is 50.4 Å². The average molecular weight is 260 g/mol. The number of benzene rings is 1. The first-order chi connectivity index (χ1) is 9.26. The van der Waals surface area contributed by atoms with Crippen molar-refractivity contribution in [3.8, 4) is 0 Å². The summed E-state index contributed by atoms with van der Waals surface area (Å²) < 4.78 is 5.50. The zero-order valence-electron chi connectivity index (χ0n) is 11.2. The molecular weight excluding hydrogens is 240 g/mol. The van der Waals surface area contributed by atoms with E-state index < -0.39 is 0 Å². The van der Waals surface area contributed by atoms with E-state index in [1.807, 2.05) is 25.1 Å². The van der Waals surface area contributed by atoms with Gasteiger partial charge in [-0.3, -0.25) is 4.79 Å². The first-order valence-corrected chi connectivity index (χ1v) is 7.02. The molecule has 19 heavy (non-hydrogen) atoms. The molecule has 1 aromatic rings. The van der Waals surface area contributed by atoms with Gasteiger partial charge in [0.2, 0.25) is 5.91 Å². The molecule has 2 N–H and O–H groups in total. The highest BCUT2D eigenvalue weighted by Gasteiger charge is 2.33. The first kappa shape index (κ1) is 12.5. The standard InChI is InChI=1S/C15H20N2O2/c1-2-19-12-8-11(9-12)16-15(18)14-7-10-5-3-4-6-13(10)17-14/h3-6,11-12,14,17H,2,7-9H2,1H3,(H,16,18). The summed E-state index contributed by atoms with van der Waals surface area (Å²) in [6.45, 7) is 2.76. The van der Waals surface area contributed by atoms with Gasteiger partial charge >= 0.3 is 0 Å². The maximum atomic E-state index is 12.2. The molecule has 1 amide bonds. The Morgan fingerprint density at radius 2 is 2.21 bits per heavy atom. The Labute approximate surface area is 113 Å². The number of carbonyl (C=O) groups is 1. The fourth-order valence-electron chi connectivity index (χ4n) is 2.81. The number of fused-ring (bicyclic) bond motifs is 1. The van der Waals surface area contributed by atoms with Gasteiger partial charge in [0.1, 0.15) is 6.04 Å². The molecule has 0 radical (unpaired) electrons. The van der Waals surface area contributed by atoms with E-state index in [4.69, 9.17) is 4.74 Å². The number of nitrogens with one attached hydrogen (secondary N) is 2. The van der Waals surface area contributed by atoms with Crippen LogP contribution in [0, 0.1) is 0 Å². The number of hydrogen-bond acceptors (Lipinski definition) is 3. The van der Waals surface area contributed by atoms with Gasteiger partial charge in [-0.2, -0.15) is 0 Å². The number of para-hydroxylation sites is 1. The quantitative estimate of drug-likeness (QED) is 0.866. The summed E-state index contributed by atoms with van der Waals surface area (Å²) in [7, 11) is 0. The summed E-state index contributed by atoms with van der Waals surface area (Å²) in [6, 6.07) is 8.27. The van der Waals surface area contributed by atoms with Gasteiger partial charge in [0.15, 0.2) is 0 Å². The second kappa shape index (κ2) is 5.21. The van der Waals surface area contributed by atoms with Crippen molar-refractivity contribution in [2.45, 2.75) is 44.4 Å². The molecule has 102 valence electrons. The van der Waals surface area contributed by atoms with Gasteiger partial charge in [0.05, 0.1) is 6.10 Å². The minimum atomic E-state index is -0.122. The van der Waals surface area contributed by atoms with Gasteiger partial charge in [0.25, 0.3) is 0 Å². The van der Waals surface area contributed by atoms with Crippen LogP contribution in [-0.2, 0) is 16.0 Å². The predicted molar refractivity (Wildman–Crippen MR) is 74.1 cm³/mol. The van der Waals surface area contributed by atoms with Crippen molar-refractivity contribution < 1.29 is 9.53 Å². The van der Waals surface area contributed by atoms with Crippen molar-refractivity contribution in [2.24, 2.45) is 0 Å². The summed E-state index contributed by atoms with van der Waals surface area (Å²) >= 11 is 0. The maximum absolute atomic E-state index is 12.2. The van der Waals surface area contributed by atoms with Gasteiger partial charge in [-0.1, -0.05) is 18.2 Å². The van der Waals surface area contributed by atoms with E-state index in [1.165, 1.54) is 5.56 Å².